The number of fused-ring (bicyclic) bond motifs is 1. The van der Waals surface area contributed by atoms with E-state index in [9.17, 15) is 4.79 Å². The summed E-state index contributed by atoms with van der Waals surface area (Å²) >= 11 is 1.64. The number of nitrogens with one attached hydrogen (secondary N) is 1. The summed E-state index contributed by atoms with van der Waals surface area (Å²) in [4.78, 5) is 26.7. The van der Waals surface area contributed by atoms with Gasteiger partial charge in [0.1, 0.15) is 0 Å². The Kier molecular flexibility index (Phi) is 7.42. The number of likely N-dealkylation sites (N-methyl/N-ethyl adjacent to an activating group) is 1. The van der Waals surface area contributed by atoms with E-state index >= 15 is 0 Å². The third kappa shape index (κ3) is 5.15. The monoisotopic (exact) mass is 556 g/mol. The third-order valence-corrected chi connectivity index (χ3v) is 8.28. The number of pyridine rings is 1. The molecular weight excluding hydrogens is 524 g/mol. The van der Waals surface area contributed by atoms with Gasteiger partial charge in [0.05, 0.1) is 59.2 Å². The summed E-state index contributed by atoms with van der Waals surface area (Å²) in [7, 11) is 0. The molecule has 1 N–H and O–H groups in total. The lowest BCUT2D eigenvalue weighted by Crippen LogP contribution is -2.42. The predicted molar refractivity (Wildman–Crippen MR) is 155 cm³/mol. The van der Waals surface area contributed by atoms with Gasteiger partial charge < -0.3 is 10.1 Å². The van der Waals surface area contributed by atoms with Crippen LogP contribution in [0.4, 0.5) is 0 Å². The molecule has 0 spiro atoms. The van der Waals surface area contributed by atoms with Crippen LogP contribution in [-0.2, 0) is 4.74 Å². The summed E-state index contributed by atoms with van der Waals surface area (Å²) in [6, 6.07) is 10.1. The van der Waals surface area contributed by atoms with E-state index in [1.54, 1.807) is 28.2 Å². The van der Waals surface area contributed by atoms with E-state index in [1.807, 2.05) is 52.8 Å². The number of thiophene rings is 1. The van der Waals surface area contributed by atoms with E-state index < -0.39 is 0 Å². The second kappa shape index (κ2) is 11.3. The van der Waals surface area contributed by atoms with Crippen molar-refractivity contribution in [1.82, 2.24) is 39.6 Å². The van der Waals surface area contributed by atoms with Gasteiger partial charge in [-0.3, -0.25) is 14.4 Å². The fraction of sp³-hybridized carbons (Fsp3) is 0.345. The zero-order valence-corrected chi connectivity index (χ0v) is 23.6. The molecule has 6 heterocycles. The minimum absolute atomic E-state index is 0.146. The highest BCUT2D eigenvalue weighted by molar-refractivity contribution is 7.13. The number of hydrogen-bond acceptors (Lipinski definition) is 8. The highest BCUT2D eigenvalue weighted by Crippen LogP contribution is 2.30. The Morgan fingerprint density at radius 1 is 1.12 bits per heavy atom. The minimum Gasteiger partial charge on any atom is -0.377 e. The van der Waals surface area contributed by atoms with Gasteiger partial charge in [0.25, 0.3) is 5.91 Å². The van der Waals surface area contributed by atoms with Crippen LogP contribution >= 0.6 is 11.3 Å². The molecule has 0 bridgehead atoms. The minimum atomic E-state index is -0.146. The van der Waals surface area contributed by atoms with Gasteiger partial charge in [-0.2, -0.15) is 10.2 Å². The topological polar surface area (TPSA) is 102 Å². The van der Waals surface area contributed by atoms with Crippen molar-refractivity contribution in [3.05, 3.63) is 66.1 Å². The Morgan fingerprint density at radius 2 is 1.95 bits per heavy atom. The summed E-state index contributed by atoms with van der Waals surface area (Å²) in [5.41, 5.74) is 4.96. The van der Waals surface area contributed by atoms with Crippen LogP contribution < -0.4 is 5.32 Å². The van der Waals surface area contributed by atoms with E-state index in [2.05, 4.69) is 41.2 Å². The van der Waals surface area contributed by atoms with Crippen LogP contribution in [0.3, 0.4) is 0 Å². The second-order valence-corrected chi connectivity index (χ2v) is 10.9. The van der Waals surface area contributed by atoms with E-state index in [-0.39, 0.29) is 18.0 Å². The molecule has 0 aliphatic carbocycles. The molecule has 40 heavy (non-hydrogen) atoms. The summed E-state index contributed by atoms with van der Waals surface area (Å²) < 4.78 is 8.97. The molecule has 5 aromatic rings. The predicted octanol–water partition coefficient (Wildman–Crippen LogP) is 4.41. The van der Waals surface area contributed by atoms with E-state index in [1.165, 1.54) is 0 Å². The molecule has 5 aromatic heterocycles. The molecule has 0 aromatic carbocycles. The standard InChI is InChI=1S/C29H32N8O2S/c1-4-35(5-2)19(3)13-30-29(38)20-11-25(21-14-31-37(16-21)22-17-39-18-22)33-26(12-20)23-15-32-36-9-8-24(34-28(23)36)27-7-6-10-40-27/h6-12,14-16,19,22H,4-5,13,17-18H2,1-3H3,(H,30,38)/t19-/m0/s1. The van der Waals surface area contributed by atoms with Gasteiger partial charge in [0.2, 0.25) is 0 Å². The zero-order valence-electron chi connectivity index (χ0n) is 22.8. The first kappa shape index (κ1) is 26.3. The van der Waals surface area contributed by atoms with Gasteiger partial charge in [0, 0.05) is 36.1 Å². The number of ether oxygens (including phenoxy) is 1. The fourth-order valence-electron chi connectivity index (χ4n) is 4.92. The summed E-state index contributed by atoms with van der Waals surface area (Å²) in [6.45, 7) is 10.1. The summed E-state index contributed by atoms with van der Waals surface area (Å²) in [6.07, 6.45) is 7.41. The van der Waals surface area contributed by atoms with Crippen molar-refractivity contribution in [2.75, 3.05) is 32.8 Å². The summed E-state index contributed by atoms with van der Waals surface area (Å²) in [5, 5.41) is 14.2. The van der Waals surface area contributed by atoms with Crippen LogP contribution in [-0.4, -0.2) is 79.1 Å². The van der Waals surface area contributed by atoms with Crippen molar-refractivity contribution in [2.24, 2.45) is 0 Å². The van der Waals surface area contributed by atoms with Crippen LogP contribution in [0.5, 0.6) is 0 Å². The van der Waals surface area contributed by atoms with E-state index in [4.69, 9.17) is 14.7 Å². The van der Waals surface area contributed by atoms with Gasteiger partial charge >= 0.3 is 0 Å². The molecule has 6 rings (SSSR count). The molecule has 0 saturated carbocycles. The molecule has 0 radical (unpaired) electrons. The highest BCUT2D eigenvalue weighted by Gasteiger charge is 2.23. The Balaban J connectivity index is 1.38. The maximum absolute atomic E-state index is 13.5. The average Bonchev–Trinajstić information content (AvgIpc) is 3.72. The number of amides is 1. The normalized spacial score (nSPS) is 14.5. The molecule has 1 aliphatic rings. The molecule has 1 amide bonds. The smallest absolute Gasteiger partial charge is 0.251 e. The van der Waals surface area contributed by atoms with Crippen molar-refractivity contribution in [3.8, 4) is 33.1 Å². The molecule has 206 valence electrons. The van der Waals surface area contributed by atoms with Crippen LogP contribution in [0.15, 0.2) is 60.5 Å². The van der Waals surface area contributed by atoms with Gasteiger partial charge in [-0.15, -0.1) is 11.3 Å². The first-order valence-corrected chi connectivity index (χ1v) is 14.5. The highest BCUT2D eigenvalue weighted by atomic mass is 32.1. The van der Waals surface area contributed by atoms with Crippen molar-refractivity contribution in [1.29, 1.82) is 0 Å². The molecule has 11 heteroatoms. The van der Waals surface area contributed by atoms with E-state index in [0.717, 1.165) is 34.8 Å². The van der Waals surface area contributed by atoms with Crippen molar-refractivity contribution in [2.45, 2.75) is 32.9 Å². The number of carbonyl (C=O) groups is 1. The quantitative estimate of drug-likeness (QED) is 0.272. The second-order valence-electron chi connectivity index (χ2n) is 9.92. The molecule has 1 saturated heterocycles. The number of hydrogen-bond donors (Lipinski definition) is 1. The lowest BCUT2D eigenvalue weighted by molar-refractivity contribution is -0.0286. The molecule has 1 atom stereocenters. The van der Waals surface area contributed by atoms with Gasteiger partial charge in [0.15, 0.2) is 5.65 Å². The molecular formula is C29H32N8O2S. The van der Waals surface area contributed by atoms with Gasteiger partial charge in [-0.1, -0.05) is 19.9 Å². The maximum Gasteiger partial charge on any atom is 0.251 e. The Bertz CT molecular complexity index is 1620. The zero-order chi connectivity index (χ0) is 27.6. The molecule has 10 nitrogen and oxygen atoms in total. The Labute approximate surface area is 236 Å². The largest absolute Gasteiger partial charge is 0.377 e. The number of nitrogens with zero attached hydrogens (tertiary/aromatic N) is 7. The Morgan fingerprint density at radius 3 is 2.67 bits per heavy atom. The fourth-order valence-corrected chi connectivity index (χ4v) is 5.62. The number of rotatable bonds is 10. The van der Waals surface area contributed by atoms with Crippen LogP contribution in [0.2, 0.25) is 0 Å². The lowest BCUT2D eigenvalue weighted by atomic mass is 10.1. The van der Waals surface area contributed by atoms with E-state index in [0.29, 0.717) is 42.4 Å². The summed E-state index contributed by atoms with van der Waals surface area (Å²) in [5.74, 6) is -0.146. The number of aromatic nitrogens is 6. The average molecular weight is 557 g/mol. The number of carbonyl (C=O) groups excluding carboxylic acids is 1. The van der Waals surface area contributed by atoms with Crippen molar-refractivity contribution in [3.63, 3.8) is 0 Å². The lowest BCUT2D eigenvalue weighted by Gasteiger charge is -2.26. The molecule has 0 unspecified atom stereocenters. The SMILES string of the molecule is CCN(CC)[C@@H](C)CNC(=O)c1cc(-c2cnn(C3COC3)c2)nc(-c2cnn3ccc(-c4cccs4)nc23)c1. The third-order valence-electron chi connectivity index (χ3n) is 7.39. The Hall–Kier alpha value is -3.93. The molecule has 1 aliphatic heterocycles. The van der Waals surface area contributed by atoms with Gasteiger partial charge in [-0.25, -0.2) is 14.5 Å². The van der Waals surface area contributed by atoms with Crippen molar-refractivity contribution >= 4 is 22.9 Å². The van der Waals surface area contributed by atoms with Crippen LogP contribution in [0, 0.1) is 0 Å². The maximum atomic E-state index is 13.5. The first-order valence-electron chi connectivity index (χ1n) is 13.6. The van der Waals surface area contributed by atoms with Crippen LogP contribution in [0.25, 0.3) is 38.7 Å². The van der Waals surface area contributed by atoms with Crippen molar-refractivity contribution < 1.29 is 9.53 Å². The first-order chi connectivity index (χ1) is 19.5. The van der Waals surface area contributed by atoms with Crippen LogP contribution in [0.1, 0.15) is 37.2 Å². The van der Waals surface area contributed by atoms with Gasteiger partial charge in [-0.05, 0) is 49.7 Å². The molecule has 1 fully saturated rings.